The Bertz CT molecular complexity index is 611. The predicted molar refractivity (Wildman–Crippen MR) is 62.4 cm³/mol. The van der Waals surface area contributed by atoms with Crippen molar-refractivity contribution in [3.63, 3.8) is 0 Å². The molecule has 7 heteroatoms. The molecule has 1 aromatic carbocycles. The molecule has 4 nitrogen and oxygen atoms in total. The Morgan fingerprint density at radius 1 is 1.20 bits per heavy atom. The molecule has 0 N–H and O–H groups in total. The number of non-ortho nitro benzene ring substituents is 1. The summed E-state index contributed by atoms with van der Waals surface area (Å²) in [4.78, 5) is 21.7. The van der Waals surface area contributed by atoms with Gasteiger partial charge >= 0.3 is 6.18 Å². The van der Waals surface area contributed by atoms with E-state index in [1.807, 2.05) is 0 Å². The second-order valence-corrected chi connectivity index (χ2v) is 5.25. The molecule has 0 unspecified atom stereocenters. The standard InChI is InChI=1S/C13H10F3NO3/c14-13(15,16)12(18)11-8-3-4-9(11)10-5-6(17(19)20)1-2-7(8)10/h1-2,5,8-9,11H,3-4H2/t8-,9-,11+/m0/s1. The van der Waals surface area contributed by atoms with Crippen LogP contribution >= 0.6 is 0 Å². The number of benzene rings is 1. The van der Waals surface area contributed by atoms with Crippen LogP contribution in [0.3, 0.4) is 0 Å². The minimum atomic E-state index is -4.85. The van der Waals surface area contributed by atoms with Gasteiger partial charge in [-0.05, 0) is 35.8 Å². The van der Waals surface area contributed by atoms with Crippen LogP contribution in [0.25, 0.3) is 0 Å². The van der Waals surface area contributed by atoms with Crippen LogP contribution < -0.4 is 0 Å². The Morgan fingerprint density at radius 3 is 2.35 bits per heavy atom. The topological polar surface area (TPSA) is 60.2 Å². The van der Waals surface area contributed by atoms with Gasteiger partial charge in [0.1, 0.15) is 0 Å². The van der Waals surface area contributed by atoms with Crippen molar-refractivity contribution in [3.05, 3.63) is 39.4 Å². The molecule has 1 fully saturated rings. The normalized spacial score (nSPS) is 27.4. The van der Waals surface area contributed by atoms with Gasteiger partial charge in [-0.25, -0.2) is 0 Å². The molecule has 2 aliphatic rings. The van der Waals surface area contributed by atoms with E-state index in [9.17, 15) is 28.1 Å². The van der Waals surface area contributed by atoms with Crippen molar-refractivity contribution in [2.75, 3.05) is 0 Å². The number of Topliss-reactive ketones (excluding diaryl/α,β-unsaturated/α-hetero) is 1. The summed E-state index contributed by atoms with van der Waals surface area (Å²) in [5.41, 5.74) is 1.06. The summed E-state index contributed by atoms with van der Waals surface area (Å²) < 4.78 is 37.9. The summed E-state index contributed by atoms with van der Waals surface area (Å²) in [6, 6.07) is 4.10. The number of ketones is 1. The lowest BCUT2D eigenvalue weighted by Gasteiger charge is -2.16. The Morgan fingerprint density at radius 2 is 1.80 bits per heavy atom. The number of hydrogen-bond donors (Lipinski definition) is 0. The molecule has 1 aromatic rings. The molecule has 3 atom stereocenters. The summed E-state index contributed by atoms with van der Waals surface area (Å²) in [5, 5.41) is 10.7. The fraction of sp³-hybridized carbons (Fsp3) is 0.462. The first-order valence-electron chi connectivity index (χ1n) is 6.20. The second-order valence-electron chi connectivity index (χ2n) is 5.25. The van der Waals surface area contributed by atoms with Crippen LogP contribution in [0.15, 0.2) is 18.2 Å². The molecule has 0 radical (unpaired) electrons. The van der Waals surface area contributed by atoms with Gasteiger partial charge in [-0.2, -0.15) is 13.2 Å². The fourth-order valence-electron chi connectivity index (χ4n) is 3.59. The highest BCUT2D eigenvalue weighted by molar-refractivity contribution is 5.89. The number of carbonyl (C=O) groups excluding carboxylic acids is 1. The summed E-state index contributed by atoms with van der Waals surface area (Å²) >= 11 is 0. The maximum atomic E-state index is 12.6. The van der Waals surface area contributed by atoms with Gasteiger partial charge in [0.05, 0.1) is 4.92 Å². The zero-order chi connectivity index (χ0) is 14.7. The highest BCUT2D eigenvalue weighted by Crippen LogP contribution is 2.59. The van der Waals surface area contributed by atoms with Crippen LogP contribution in [0.5, 0.6) is 0 Å². The SMILES string of the molecule is O=C([C@@H]1[C@H]2CC[C@H]1c1cc([N+](=O)[O-])ccc12)C(F)(F)F. The van der Waals surface area contributed by atoms with E-state index in [4.69, 9.17) is 0 Å². The number of carbonyl (C=O) groups is 1. The number of fused-ring (bicyclic) bond motifs is 5. The summed E-state index contributed by atoms with van der Waals surface area (Å²) in [6.45, 7) is 0. The maximum absolute atomic E-state index is 12.6. The maximum Gasteiger partial charge on any atom is 0.450 e. The van der Waals surface area contributed by atoms with Gasteiger partial charge in [0.15, 0.2) is 0 Å². The van der Waals surface area contributed by atoms with Crippen molar-refractivity contribution in [3.8, 4) is 0 Å². The summed E-state index contributed by atoms with van der Waals surface area (Å²) in [7, 11) is 0. The smallest absolute Gasteiger partial charge is 0.289 e. The van der Waals surface area contributed by atoms with Crippen molar-refractivity contribution >= 4 is 11.5 Å². The molecule has 2 aliphatic carbocycles. The van der Waals surface area contributed by atoms with Crippen molar-refractivity contribution in [2.24, 2.45) is 5.92 Å². The van der Waals surface area contributed by atoms with Crippen LogP contribution in [0, 0.1) is 16.0 Å². The summed E-state index contributed by atoms with van der Waals surface area (Å²) in [5.74, 6) is -3.80. The molecule has 0 saturated heterocycles. The lowest BCUT2D eigenvalue weighted by Crippen LogP contribution is -2.32. The number of nitrogens with zero attached hydrogens (tertiary/aromatic N) is 1. The van der Waals surface area contributed by atoms with E-state index in [0.29, 0.717) is 24.0 Å². The van der Waals surface area contributed by atoms with Crippen molar-refractivity contribution in [1.29, 1.82) is 0 Å². The highest BCUT2D eigenvalue weighted by Gasteiger charge is 2.56. The molecule has 0 spiro atoms. The van der Waals surface area contributed by atoms with Crippen molar-refractivity contribution in [2.45, 2.75) is 30.9 Å². The van der Waals surface area contributed by atoms with Gasteiger partial charge in [-0.3, -0.25) is 14.9 Å². The molecule has 0 amide bonds. The van der Waals surface area contributed by atoms with Crippen LogP contribution in [-0.4, -0.2) is 16.9 Å². The van der Waals surface area contributed by atoms with Crippen LogP contribution in [0.1, 0.15) is 35.8 Å². The second kappa shape index (κ2) is 4.04. The Balaban J connectivity index is 2.02. The first kappa shape index (κ1) is 13.1. The van der Waals surface area contributed by atoms with Crippen LogP contribution in [0.4, 0.5) is 18.9 Å². The number of hydrogen-bond acceptors (Lipinski definition) is 3. The predicted octanol–water partition coefficient (Wildman–Crippen LogP) is 3.32. The van der Waals surface area contributed by atoms with E-state index in [1.54, 1.807) is 0 Å². The number of rotatable bonds is 2. The third-order valence-electron chi connectivity index (χ3n) is 4.32. The highest BCUT2D eigenvalue weighted by atomic mass is 19.4. The largest absolute Gasteiger partial charge is 0.450 e. The molecule has 20 heavy (non-hydrogen) atoms. The molecular weight excluding hydrogens is 275 g/mol. The van der Waals surface area contributed by atoms with Gasteiger partial charge in [0.25, 0.3) is 5.69 Å². The van der Waals surface area contributed by atoms with Crippen molar-refractivity contribution in [1.82, 2.24) is 0 Å². The van der Waals surface area contributed by atoms with E-state index in [-0.39, 0.29) is 5.69 Å². The number of halogens is 3. The summed E-state index contributed by atoms with van der Waals surface area (Å²) in [6.07, 6.45) is -3.84. The zero-order valence-electron chi connectivity index (χ0n) is 10.2. The van der Waals surface area contributed by atoms with E-state index < -0.39 is 34.6 Å². The molecular formula is C13H10F3NO3. The molecule has 1 saturated carbocycles. The minimum Gasteiger partial charge on any atom is -0.289 e. The first-order chi connectivity index (χ1) is 9.30. The molecule has 0 aliphatic heterocycles. The van der Waals surface area contributed by atoms with Gasteiger partial charge in [0.2, 0.25) is 5.78 Å². The van der Waals surface area contributed by atoms with Crippen LogP contribution in [0.2, 0.25) is 0 Å². The lowest BCUT2D eigenvalue weighted by atomic mass is 9.90. The van der Waals surface area contributed by atoms with E-state index >= 15 is 0 Å². The Kier molecular flexibility index (Phi) is 2.64. The van der Waals surface area contributed by atoms with Crippen molar-refractivity contribution < 1.29 is 22.9 Å². The lowest BCUT2D eigenvalue weighted by molar-refractivity contribution is -0.384. The van der Waals surface area contributed by atoms with Gasteiger partial charge < -0.3 is 0 Å². The van der Waals surface area contributed by atoms with E-state index in [0.717, 1.165) is 0 Å². The number of nitro benzene ring substituents is 1. The van der Waals surface area contributed by atoms with Gasteiger partial charge in [0, 0.05) is 18.1 Å². The van der Waals surface area contributed by atoms with Crippen LogP contribution in [-0.2, 0) is 4.79 Å². The number of alkyl halides is 3. The van der Waals surface area contributed by atoms with E-state index in [2.05, 4.69) is 0 Å². The molecule has 2 bridgehead atoms. The third-order valence-corrected chi connectivity index (χ3v) is 4.32. The van der Waals surface area contributed by atoms with Gasteiger partial charge in [-0.15, -0.1) is 0 Å². The quantitative estimate of drug-likeness (QED) is 0.618. The third kappa shape index (κ3) is 1.72. The molecule has 0 aromatic heterocycles. The first-order valence-corrected chi connectivity index (χ1v) is 6.20. The monoisotopic (exact) mass is 285 g/mol. The Hall–Kier alpha value is -1.92. The Labute approximate surface area is 111 Å². The molecule has 0 heterocycles. The minimum absolute atomic E-state index is 0.144. The average molecular weight is 285 g/mol. The molecule has 106 valence electrons. The average Bonchev–Trinajstić information content (AvgIpc) is 2.92. The zero-order valence-corrected chi connectivity index (χ0v) is 10.2. The fourth-order valence-corrected chi connectivity index (χ4v) is 3.59. The van der Waals surface area contributed by atoms with E-state index in [1.165, 1.54) is 18.2 Å². The number of nitro groups is 1. The molecule has 3 rings (SSSR count). The van der Waals surface area contributed by atoms with Gasteiger partial charge in [-0.1, -0.05) is 6.07 Å².